The summed E-state index contributed by atoms with van der Waals surface area (Å²) in [6.45, 7) is 5.19. The van der Waals surface area contributed by atoms with E-state index < -0.39 is 10.0 Å². The molecule has 0 bridgehead atoms. The third kappa shape index (κ3) is 4.66. The van der Waals surface area contributed by atoms with Gasteiger partial charge in [0.1, 0.15) is 11.5 Å². The molecule has 2 aliphatic rings. The Balaban J connectivity index is 1.47. The maximum atomic E-state index is 13.5. The third-order valence-corrected chi connectivity index (χ3v) is 9.14. The summed E-state index contributed by atoms with van der Waals surface area (Å²) in [5.74, 6) is 1.42. The number of carbonyl (C=O) groups is 1. The smallest absolute Gasteiger partial charge is 0.243 e. The predicted octanol–water partition coefficient (Wildman–Crippen LogP) is 4.09. The van der Waals surface area contributed by atoms with Crippen LogP contribution in [0.5, 0.6) is 11.5 Å². The molecule has 2 fully saturated rings. The first-order valence-electron chi connectivity index (χ1n) is 11.9. The molecule has 0 aliphatic carbocycles. The van der Waals surface area contributed by atoms with Crippen molar-refractivity contribution in [1.29, 1.82) is 0 Å². The molecule has 2 aliphatic heterocycles. The molecular formula is C26H34N2O5S. The monoisotopic (exact) mass is 486 g/mol. The first-order chi connectivity index (χ1) is 16.3. The molecule has 2 saturated heterocycles. The lowest BCUT2D eigenvalue weighted by Gasteiger charge is -2.35. The van der Waals surface area contributed by atoms with Gasteiger partial charge < -0.3 is 14.4 Å². The van der Waals surface area contributed by atoms with E-state index >= 15 is 0 Å². The van der Waals surface area contributed by atoms with Crippen molar-refractivity contribution in [2.75, 3.05) is 33.9 Å². The lowest BCUT2D eigenvalue weighted by atomic mass is 9.95. The zero-order chi connectivity index (χ0) is 24.5. The van der Waals surface area contributed by atoms with Crippen LogP contribution in [0.15, 0.2) is 41.3 Å². The van der Waals surface area contributed by atoms with E-state index in [2.05, 4.69) is 0 Å². The number of sulfonamides is 1. The highest BCUT2D eigenvalue weighted by molar-refractivity contribution is 7.89. The van der Waals surface area contributed by atoms with E-state index in [4.69, 9.17) is 9.47 Å². The number of hydrogen-bond donors (Lipinski definition) is 0. The molecule has 184 valence electrons. The first kappa shape index (κ1) is 24.5. The molecule has 2 aromatic rings. The maximum absolute atomic E-state index is 13.5. The highest BCUT2D eigenvalue weighted by atomic mass is 32.2. The molecule has 2 aromatic carbocycles. The number of benzene rings is 2. The van der Waals surface area contributed by atoms with E-state index in [1.165, 1.54) is 4.31 Å². The van der Waals surface area contributed by atoms with Gasteiger partial charge in [-0.3, -0.25) is 4.79 Å². The fourth-order valence-corrected chi connectivity index (χ4v) is 6.93. The minimum absolute atomic E-state index is 0.0606. The van der Waals surface area contributed by atoms with E-state index in [9.17, 15) is 13.2 Å². The van der Waals surface area contributed by atoms with Gasteiger partial charge in [0.2, 0.25) is 15.9 Å². The first-order valence-corrected chi connectivity index (χ1v) is 13.3. The van der Waals surface area contributed by atoms with Gasteiger partial charge in [-0.1, -0.05) is 17.7 Å². The maximum Gasteiger partial charge on any atom is 0.243 e. The van der Waals surface area contributed by atoms with Crippen LogP contribution < -0.4 is 9.47 Å². The van der Waals surface area contributed by atoms with E-state index in [-0.39, 0.29) is 17.9 Å². The van der Waals surface area contributed by atoms with Gasteiger partial charge in [0.15, 0.2) is 0 Å². The lowest BCUT2D eigenvalue weighted by Crippen LogP contribution is -2.44. The third-order valence-electron chi connectivity index (χ3n) is 7.08. The Morgan fingerprint density at radius 1 is 0.941 bits per heavy atom. The van der Waals surface area contributed by atoms with Crippen molar-refractivity contribution in [3.05, 3.63) is 53.1 Å². The Morgan fingerprint density at radius 2 is 1.68 bits per heavy atom. The highest BCUT2D eigenvalue weighted by Crippen LogP contribution is 2.40. The van der Waals surface area contributed by atoms with E-state index in [1.807, 2.05) is 49.1 Å². The summed E-state index contributed by atoms with van der Waals surface area (Å²) in [5.41, 5.74) is 2.75. The van der Waals surface area contributed by atoms with E-state index in [0.717, 1.165) is 41.0 Å². The summed E-state index contributed by atoms with van der Waals surface area (Å²) in [6.07, 6.45) is 2.86. The van der Waals surface area contributed by atoms with Gasteiger partial charge in [0.05, 0.1) is 25.2 Å². The van der Waals surface area contributed by atoms with Crippen LogP contribution in [0.25, 0.3) is 0 Å². The number of amides is 1. The molecule has 34 heavy (non-hydrogen) atoms. The summed E-state index contributed by atoms with van der Waals surface area (Å²) in [6, 6.07) is 11.0. The molecule has 0 N–H and O–H groups in total. The minimum atomic E-state index is -3.57. The van der Waals surface area contributed by atoms with Crippen LogP contribution in [-0.4, -0.2) is 57.4 Å². The van der Waals surface area contributed by atoms with Crippen LogP contribution in [0.4, 0.5) is 0 Å². The van der Waals surface area contributed by atoms with Gasteiger partial charge >= 0.3 is 0 Å². The lowest BCUT2D eigenvalue weighted by molar-refractivity contribution is -0.137. The van der Waals surface area contributed by atoms with Crippen molar-refractivity contribution in [1.82, 2.24) is 9.21 Å². The summed E-state index contributed by atoms with van der Waals surface area (Å²) in [7, 11) is -0.305. The van der Waals surface area contributed by atoms with Crippen molar-refractivity contribution in [2.24, 2.45) is 5.92 Å². The number of rotatable bonds is 6. The number of carbonyl (C=O) groups excluding carboxylic acids is 1. The van der Waals surface area contributed by atoms with Crippen molar-refractivity contribution < 1.29 is 22.7 Å². The Hall–Kier alpha value is -2.58. The van der Waals surface area contributed by atoms with Gasteiger partial charge in [0.25, 0.3) is 0 Å². The second-order valence-electron chi connectivity index (χ2n) is 9.24. The number of likely N-dealkylation sites (tertiary alicyclic amines) is 1. The molecule has 0 saturated carbocycles. The molecule has 0 radical (unpaired) electrons. The molecule has 7 nitrogen and oxygen atoms in total. The van der Waals surface area contributed by atoms with Crippen LogP contribution in [0.1, 0.15) is 48.4 Å². The summed E-state index contributed by atoms with van der Waals surface area (Å²) >= 11 is 0. The number of methoxy groups -OCH3 is 2. The molecule has 0 unspecified atom stereocenters. The Labute approximate surface area is 202 Å². The average Bonchev–Trinajstić information content (AvgIpc) is 3.32. The van der Waals surface area contributed by atoms with Gasteiger partial charge in [-0.15, -0.1) is 0 Å². The SMILES string of the molecule is COc1ccc(OC)c([C@@H]2CCCN2C(=O)C2CCN(S(=O)(=O)c3ccc(C)cc3C)CC2)c1. The Morgan fingerprint density at radius 3 is 2.32 bits per heavy atom. The molecule has 1 amide bonds. The van der Waals surface area contributed by atoms with Crippen LogP contribution in [-0.2, 0) is 14.8 Å². The second kappa shape index (κ2) is 9.96. The normalized spacial score (nSPS) is 19.9. The summed E-state index contributed by atoms with van der Waals surface area (Å²) < 4.78 is 39.0. The molecule has 8 heteroatoms. The van der Waals surface area contributed by atoms with Crippen LogP contribution in [0.2, 0.25) is 0 Å². The zero-order valence-corrected chi connectivity index (χ0v) is 21.2. The molecule has 4 rings (SSSR count). The van der Waals surface area contributed by atoms with Crippen molar-refractivity contribution in [2.45, 2.75) is 50.5 Å². The molecule has 1 atom stereocenters. The van der Waals surface area contributed by atoms with Crippen LogP contribution in [0, 0.1) is 19.8 Å². The van der Waals surface area contributed by atoms with E-state index in [1.54, 1.807) is 20.3 Å². The molecule has 2 heterocycles. The topological polar surface area (TPSA) is 76.2 Å². The molecule has 0 aromatic heterocycles. The summed E-state index contributed by atoms with van der Waals surface area (Å²) in [4.78, 5) is 15.9. The molecular weight excluding hydrogens is 452 g/mol. The number of piperidine rings is 1. The highest BCUT2D eigenvalue weighted by Gasteiger charge is 2.38. The fraction of sp³-hybridized carbons (Fsp3) is 0.500. The number of hydrogen-bond acceptors (Lipinski definition) is 5. The minimum Gasteiger partial charge on any atom is -0.497 e. The van der Waals surface area contributed by atoms with Gasteiger partial charge in [-0.05, 0) is 69.4 Å². The quantitative estimate of drug-likeness (QED) is 0.615. The number of aryl methyl sites for hydroxylation is 2. The van der Waals surface area contributed by atoms with E-state index in [0.29, 0.717) is 37.4 Å². The van der Waals surface area contributed by atoms with Crippen molar-refractivity contribution in [3.8, 4) is 11.5 Å². The van der Waals surface area contributed by atoms with Gasteiger partial charge in [0, 0.05) is 31.1 Å². The fourth-order valence-electron chi connectivity index (χ4n) is 5.26. The molecule has 0 spiro atoms. The zero-order valence-electron chi connectivity index (χ0n) is 20.4. The number of ether oxygens (including phenoxy) is 2. The van der Waals surface area contributed by atoms with Crippen molar-refractivity contribution >= 4 is 15.9 Å². The largest absolute Gasteiger partial charge is 0.497 e. The van der Waals surface area contributed by atoms with Gasteiger partial charge in [-0.25, -0.2) is 8.42 Å². The standard InChI is InChI=1S/C26H34N2O5S/c1-18-7-10-25(19(2)16-18)34(30,31)27-14-11-20(12-15-27)26(29)28-13-5-6-23(28)22-17-21(32-3)8-9-24(22)33-4/h7-10,16-17,20,23H,5-6,11-15H2,1-4H3/t23-/m0/s1. The van der Waals surface area contributed by atoms with Crippen molar-refractivity contribution in [3.63, 3.8) is 0 Å². The summed E-state index contributed by atoms with van der Waals surface area (Å²) in [5, 5.41) is 0. The second-order valence-corrected chi connectivity index (χ2v) is 11.2. The van der Waals surface area contributed by atoms with Gasteiger partial charge in [-0.2, -0.15) is 4.31 Å². The Kier molecular flexibility index (Phi) is 7.19. The number of nitrogens with zero attached hydrogens (tertiary/aromatic N) is 2. The van der Waals surface area contributed by atoms with Crippen LogP contribution >= 0.6 is 0 Å². The van der Waals surface area contributed by atoms with Crippen LogP contribution in [0.3, 0.4) is 0 Å². The predicted molar refractivity (Wildman–Crippen MR) is 131 cm³/mol. The Bertz CT molecular complexity index is 1160. The average molecular weight is 487 g/mol.